The molecular weight excluding hydrogens is 240 g/mol. The molecule has 0 aliphatic rings. The minimum atomic E-state index is 0.602. The number of hydrogen-bond acceptors (Lipinski definition) is 6. The minimum absolute atomic E-state index is 0.602. The highest BCUT2D eigenvalue weighted by Gasteiger charge is 2.09. The van der Waals surface area contributed by atoms with Crippen LogP contribution in [0.2, 0.25) is 0 Å². The molecule has 0 unspecified atom stereocenters. The molecule has 2 rings (SSSR count). The molecule has 2 heterocycles. The third-order valence-corrected chi connectivity index (χ3v) is 2.75. The molecule has 6 heteroatoms. The van der Waals surface area contributed by atoms with Crippen molar-refractivity contribution in [1.82, 2.24) is 20.2 Å². The summed E-state index contributed by atoms with van der Waals surface area (Å²) < 4.78 is 0. The molecule has 0 fully saturated rings. The van der Waals surface area contributed by atoms with Crippen LogP contribution in [0.1, 0.15) is 24.6 Å². The van der Waals surface area contributed by atoms with Crippen molar-refractivity contribution in [3.63, 3.8) is 0 Å². The Labute approximate surface area is 112 Å². The summed E-state index contributed by atoms with van der Waals surface area (Å²) in [5.74, 6) is 1.73. The molecule has 2 aromatic rings. The monoisotopic (exact) mass is 258 g/mol. The molecule has 0 saturated carbocycles. The van der Waals surface area contributed by atoms with E-state index in [0.29, 0.717) is 6.54 Å². The molecule has 0 aromatic carbocycles. The second-order valence-electron chi connectivity index (χ2n) is 4.12. The highest BCUT2D eigenvalue weighted by molar-refractivity contribution is 5.57. The van der Waals surface area contributed by atoms with E-state index in [4.69, 9.17) is 0 Å². The standard InChI is InChI=1S/C13H18N6/c1-3-5-11-12(14-2)16-9-17-13(11)15-8-10-6-4-7-18-19-10/h4,6-7,9H,3,5,8H2,1-2H3,(H2,14,15,16,17). The highest BCUT2D eigenvalue weighted by Crippen LogP contribution is 2.21. The maximum atomic E-state index is 4.31. The van der Waals surface area contributed by atoms with Gasteiger partial charge in [-0.3, -0.25) is 0 Å². The van der Waals surface area contributed by atoms with Crippen LogP contribution in [0.3, 0.4) is 0 Å². The van der Waals surface area contributed by atoms with Crippen LogP contribution in [0.25, 0.3) is 0 Å². The number of nitrogens with one attached hydrogen (secondary N) is 2. The largest absolute Gasteiger partial charge is 0.373 e. The van der Waals surface area contributed by atoms with Gasteiger partial charge in [0.25, 0.3) is 0 Å². The zero-order valence-electron chi connectivity index (χ0n) is 11.2. The Balaban J connectivity index is 2.15. The molecule has 19 heavy (non-hydrogen) atoms. The van der Waals surface area contributed by atoms with Gasteiger partial charge < -0.3 is 10.6 Å². The molecule has 0 atom stereocenters. The number of rotatable bonds is 6. The lowest BCUT2D eigenvalue weighted by Gasteiger charge is -2.13. The lowest BCUT2D eigenvalue weighted by Crippen LogP contribution is -2.09. The third-order valence-electron chi connectivity index (χ3n) is 2.75. The van der Waals surface area contributed by atoms with Crippen molar-refractivity contribution >= 4 is 11.6 Å². The summed E-state index contributed by atoms with van der Waals surface area (Å²) in [4.78, 5) is 8.55. The molecule has 2 N–H and O–H groups in total. The molecule has 0 spiro atoms. The first-order valence-electron chi connectivity index (χ1n) is 6.37. The van der Waals surface area contributed by atoms with Crippen molar-refractivity contribution in [2.45, 2.75) is 26.3 Å². The van der Waals surface area contributed by atoms with Crippen LogP contribution >= 0.6 is 0 Å². The fourth-order valence-corrected chi connectivity index (χ4v) is 1.87. The average Bonchev–Trinajstić information content (AvgIpc) is 2.47. The van der Waals surface area contributed by atoms with Gasteiger partial charge in [-0.05, 0) is 18.6 Å². The van der Waals surface area contributed by atoms with Crippen molar-refractivity contribution in [1.29, 1.82) is 0 Å². The number of nitrogens with zero attached hydrogens (tertiary/aromatic N) is 4. The number of anilines is 2. The van der Waals surface area contributed by atoms with Crippen molar-refractivity contribution in [2.75, 3.05) is 17.7 Å². The third kappa shape index (κ3) is 3.37. The van der Waals surface area contributed by atoms with E-state index in [9.17, 15) is 0 Å². The molecule has 0 radical (unpaired) electrons. The molecule has 2 aromatic heterocycles. The van der Waals surface area contributed by atoms with Gasteiger partial charge in [0.15, 0.2) is 0 Å². The maximum Gasteiger partial charge on any atom is 0.135 e. The van der Waals surface area contributed by atoms with Crippen LogP contribution in [-0.2, 0) is 13.0 Å². The Morgan fingerprint density at radius 2 is 2.05 bits per heavy atom. The minimum Gasteiger partial charge on any atom is -0.373 e. The molecule has 0 aliphatic heterocycles. The van der Waals surface area contributed by atoms with E-state index in [-0.39, 0.29) is 0 Å². The quantitative estimate of drug-likeness (QED) is 0.824. The zero-order chi connectivity index (χ0) is 13.5. The predicted molar refractivity (Wildman–Crippen MR) is 74.9 cm³/mol. The predicted octanol–water partition coefficient (Wildman–Crippen LogP) is 1.87. The molecule has 0 amide bonds. The molecule has 0 saturated heterocycles. The SMILES string of the molecule is CCCc1c(NC)ncnc1NCc1cccnn1. The first kappa shape index (κ1) is 13.2. The van der Waals surface area contributed by atoms with Crippen molar-refractivity contribution in [2.24, 2.45) is 0 Å². The van der Waals surface area contributed by atoms with Gasteiger partial charge >= 0.3 is 0 Å². The van der Waals surface area contributed by atoms with Gasteiger partial charge in [0, 0.05) is 18.8 Å². The van der Waals surface area contributed by atoms with Gasteiger partial charge in [-0.25, -0.2) is 9.97 Å². The summed E-state index contributed by atoms with van der Waals surface area (Å²) >= 11 is 0. The van der Waals surface area contributed by atoms with Gasteiger partial charge in [0.1, 0.15) is 18.0 Å². The van der Waals surface area contributed by atoms with Crippen LogP contribution in [0.5, 0.6) is 0 Å². The van der Waals surface area contributed by atoms with Gasteiger partial charge in [-0.1, -0.05) is 13.3 Å². The molecule has 0 bridgehead atoms. The maximum absolute atomic E-state index is 4.31. The van der Waals surface area contributed by atoms with Gasteiger partial charge in [0.2, 0.25) is 0 Å². The highest BCUT2D eigenvalue weighted by atomic mass is 15.1. The normalized spacial score (nSPS) is 10.2. The van der Waals surface area contributed by atoms with Gasteiger partial charge in [-0.2, -0.15) is 10.2 Å². The van der Waals surface area contributed by atoms with Crippen LogP contribution in [0.4, 0.5) is 11.6 Å². The van der Waals surface area contributed by atoms with Crippen LogP contribution in [0, 0.1) is 0 Å². The van der Waals surface area contributed by atoms with E-state index in [1.54, 1.807) is 12.5 Å². The number of aromatic nitrogens is 4. The summed E-state index contributed by atoms with van der Waals surface area (Å²) in [6.45, 7) is 2.74. The van der Waals surface area contributed by atoms with Gasteiger partial charge in [0.05, 0.1) is 12.2 Å². The van der Waals surface area contributed by atoms with Gasteiger partial charge in [-0.15, -0.1) is 0 Å². The smallest absolute Gasteiger partial charge is 0.135 e. The first-order valence-corrected chi connectivity index (χ1v) is 6.37. The Morgan fingerprint density at radius 1 is 1.21 bits per heavy atom. The van der Waals surface area contributed by atoms with E-state index in [1.165, 1.54) is 0 Å². The lowest BCUT2D eigenvalue weighted by molar-refractivity contribution is 0.885. The van der Waals surface area contributed by atoms with Crippen LogP contribution < -0.4 is 10.6 Å². The summed E-state index contributed by atoms with van der Waals surface area (Å²) in [7, 11) is 1.87. The average molecular weight is 258 g/mol. The molecule has 0 aliphatic carbocycles. The Kier molecular flexibility index (Phi) is 4.60. The second-order valence-corrected chi connectivity index (χ2v) is 4.12. The number of hydrogen-bond donors (Lipinski definition) is 2. The molecule has 6 nitrogen and oxygen atoms in total. The topological polar surface area (TPSA) is 75.6 Å². The van der Waals surface area contributed by atoms with E-state index in [1.807, 2.05) is 19.2 Å². The first-order chi connectivity index (χ1) is 9.35. The van der Waals surface area contributed by atoms with Crippen LogP contribution in [-0.4, -0.2) is 27.2 Å². The summed E-state index contributed by atoms with van der Waals surface area (Å²) in [5, 5.41) is 14.3. The Hall–Kier alpha value is -2.24. The van der Waals surface area contributed by atoms with E-state index in [2.05, 4.69) is 37.7 Å². The second kappa shape index (κ2) is 6.63. The summed E-state index contributed by atoms with van der Waals surface area (Å²) in [6.07, 6.45) is 5.20. The molecule has 100 valence electrons. The van der Waals surface area contributed by atoms with Crippen LogP contribution in [0.15, 0.2) is 24.7 Å². The fraction of sp³-hybridized carbons (Fsp3) is 0.385. The van der Waals surface area contributed by atoms with E-state index in [0.717, 1.165) is 35.7 Å². The molecular formula is C13H18N6. The van der Waals surface area contributed by atoms with E-state index < -0.39 is 0 Å². The Bertz CT molecular complexity index is 514. The summed E-state index contributed by atoms with van der Waals surface area (Å²) in [5.41, 5.74) is 1.99. The van der Waals surface area contributed by atoms with Crippen molar-refractivity contribution < 1.29 is 0 Å². The fourth-order valence-electron chi connectivity index (χ4n) is 1.87. The lowest BCUT2D eigenvalue weighted by atomic mass is 10.1. The zero-order valence-corrected chi connectivity index (χ0v) is 11.2. The van der Waals surface area contributed by atoms with Crippen molar-refractivity contribution in [3.05, 3.63) is 35.9 Å². The Morgan fingerprint density at radius 3 is 2.74 bits per heavy atom. The van der Waals surface area contributed by atoms with E-state index >= 15 is 0 Å². The van der Waals surface area contributed by atoms with Crippen molar-refractivity contribution in [3.8, 4) is 0 Å². The summed E-state index contributed by atoms with van der Waals surface area (Å²) in [6, 6.07) is 3.80.